The predicted molar refractivity (Wildman–Crippen MR) is 91.1 cm³/mol. The number of amides is 1. The third-order valence-corrected chi connectivity index (χ3v) is 4.88. The van der Waals surface area contributed by atoms with Crippen LogP contribution in [0.15, 0.2) is 24.3 Å². The quantitative estimate of drug-likeness (QED) is 0.864. The Labute approximate surface area is 137 Å². The first-order chi connectivity index (χ1) is 11.0. The van der Waals surface area contributed by atoms with Crippen molar-refractivity contribution in [1.29, 1.82) is 0 Å². The molecule has 2 saturated heterocycles. The predicted octanol–water partition coefficient (Wildman–Crippen LogP) is 1.45. The molecule has 0 bridgehead atoms. The summed E-state index contributed by atoms with van der Waals surface area (Å²) in [5.74, 6) is 0. The van der Waals surface area contributed by atoms with E-state index in [1.165, 1.54) is 5.69 Å². The van der Waals surface area contributed by atoms with Crippen LogP contribution in [-0.2, 0) is 0 Å². The SMILES string of the molecule is CC1CN(C(=O)O)C(c2cccc(N3CCN(C)CC3)c2)CN1. The van der Waals surface area contributed by atoms with Crippen molar-refractivity contribution in [2.24, 2.45) is 0 Å². The van der Waals surface area contributed by atoms with E-state index in [9.17, 15) is 9.90 Å². The number of rotatable bonds is 2. The van der Waals surface area contributed by atoms with Crippen LogP contribution in [0.4, 0.5) is 10.5 Å². The van der Waals surface area contributed by atoms with E-state index in [4.69, 9.17) is 0 Å². The summed E-state index contributed by atoms with van der Waals surface area (Å²) in [6.07, 6.45) is -0.839. The summed E-state index contributed by atoms with van der Waals surface area (Å²) in [5, 5.41) is 12.9. The fourth-order valence-electron chi connectivity index (χ4n) is 3.41. The molecule has 2 aliphatic rings. The molecule has 2 atom stereocenters. The average molecular weight is 318 g/mol. The Morgan fingerprint density at radius 3 is 2.70 bits per heavy atom. The molecule has 23 heavy (non-hydrogen) atoms. The maximum atomic E-state index is 11.6. The number of hydrogen-bond donors (Lipinski definition) is 2. The van der Waals surface area contributed by atoms with Gasteiger partial charge in [-0.1, -0.05) is 12.1 Å². The molecule has 126 valence electrons. The Bertz CT molecular complexity index is 557. The Kier molecular flexibility index (Phi) is 4.73. The van der Waals surface area contributed by atoms with E-state index in [2.05, 4.69) is 34.3 Å². The van der Waals surface area contributed by atoms with Gasteiger partial charge in [-0.2, -0.15) is 0 Å². The van der Waals surface area contributed by atoms with Gasteiger partial charge in [-0.25, -0.2) is 4.79 Å². The van der Waals surface area contributed by atoms with Gasteiger partial charge in [-0.05, 0) is 31.7 Å². The zero-order valence-corrected chi connectivity index (χ0v) is 13.9. The maximum Gasteiger partial charge on any atom is 0.407 e. The number of nitrogens with one attached hydrogen (secondary N) is 1. The van der Waals surface area contributed by atoms with Gasteiger partial charge in [-0.3, -0.25) is 4.90 Å². The molecule has 1 aromatic rings. The lowest BCUT2D eigenvalue weighted by atomic mass is 10.0. The normalized spacial score (nSPS) is 26.3. The molecule has 0 radical (unpaired) electrons. The van der Waals surface area contributed by atoms with Crippen molar-refractivity contribution in [2.75, 3.05) is 51.2 Å². The van der Waals surface area contributed by atoms with Gasteiger partial charge in [0.05, 0.1) is 6.04 Å². The van der Waals surface area contributed by atoms with Crippen LogP contribution in [0, 0.1) is 0 Å². The molecule has 2 aliphatic heterocycles. The van der Waals surface area contributed by atoms with Gasteiger partial charge >= 0.3 is 6.09 Å². The minimum absolute atomic E-state index is 0.115. The Hall–Kier alpha value is -1.79. The van der Waals surface area contributed by atoms with Crippen molar-refractivity contribution in [3.63, 3.8) is 0 Å². The molecule has 3 rings (SSSR count). The van der Waals surface area contributed by atoms with Gasteiger partial charge in [-0.15, -0.1) is 0 Å². The van der Waals surface area contributed by atoms with Crippen molar-refractivity contribution in [2.45, 2.75) is 19.0 Å². The summed E-state index contributed by atoms with van der Waals surface area (Å²) < 4.78 is 0. The third-order valence-electron chi connectivity index (χ3n) is 4.88. The molecule has 0 aliphatic carbocycles. The highest BCUT2D eigenvalue weighted by Crippen LogP contribution is 2.27. The van der Waals surface area contributed by atoms with Crippen LogP contribution < -0.4 is 10.2 Å². The zero-order chi connectivity index (χ0) is 16.4. The largest absolute Gasteiger partial charge is 0.465 e. The van der Waals surface area contributed by atoms with Gasteiger partial charge < -0.3 is 20.2 Å². The highest BCUT2D eigenvalue weighted by Gasteiger charge is 2.30. The van der Waals surface area contributed by atoms with Crippen LogP contribution in [-0.4, -0.2) is 73.4 Å². The fraction of sp³-hybridized carbons (Fsp3) is 0.588. The maximum absolute atomic E-state index is 11.6. The summed E-state index contributed by atoms with van der Waals surface area (Å²) in [6, 6.07) is 8.45. The van der Waals surface area contributed by atoms with Gasteiger partial charge in [0.25, 0.3) is 0 Å². The molecule has 0 aromatic heterocycles. The summed E-state index contributed by atoms with van der Waals surface area (Å²) in [4.78, 5) is 17.9. The number of benzene rings is 1. The molecule has 2 heterocycles. The van der Waals surface area contributed by atoms with E-state index in [0.29, 0.717) is 13.1 Å². The zero-order valence-electron chi connectivity index (χ0n) is 13.9. The van der Waals surface area contributed by atoms with Crippen molar-refractivity contribution in [3.05, 3.63) is 29.8 Å². The Morgan fingerprint density at radius 2 is 2.00 bits per heavy atom. The Balaban J connectivity index is 1.79. The van der Waals surface area contributed by atoms with E-state index in [1.54, 1.807) is 4.90 Å². The topological polar surface area (TPSA) is 59.1 Å². The highest BCUT2D eigenvalue weighted by molar-refractivity contribution is 5.66. The summed E-state index contributed by atoms with van der Waals surface area (Å²) in [6.45, 7) is 7.37. The van der Waals surface area contributed by atoms with E-state index in [-0.39, 0.29) is 12.1 Å². The molecule has 2 N–H and O–H groups in total. The number of nitrogens with zero attached hydrogens (tertiary/aromatic N) is 3. The number of likely N-dealkylation sites (N-methyl/N-ethyl adjacent to an activating group) is 1. The molecule has 6 nitrogen and oxygen atoms in total. The molecular weight excluding hydrogens is 292 g/mol. The number of hydrogen-bond acceptors (Lipinski definition) is 4. The van der Waals surface area contributed by atoms with Crippen molar-refractivity contribution in [3.8, 4) is 0 Å². The molecule has 2 fully saturated rings. The second-order valence-corrected chi connectivity index (χ2v) is 6.65. The van der Waals surface area contributed by atoms with Crippen LogP contribution in [0.5, 0.6) is 0 Å². The van der Waals surface area contributed by atoms with Gasteiger partial charge in [0, 0.05) is 51.0 Å². The van der Waals surface area contributed by atoms with Crippen LogP contribution in [0.1, 0.15) is 18.5 Å². The number of anilines is 1. The average Bonchev–Trinajstić information content (AvgIpc) is 2.55. The third kappa shape index (κ3) is 3.59. The molecule has 0 spiro atoms. The minimum atomic E-state index is -0.839. The molecule has 1 aromatic carbocycles. The van der Waals surface area contributed by atoms with E-state index in [1.807, 2.05) is 19.1 Å². The van der Waals surface area contributed by atoms with Crippen molar-refractivity contribution < 1.29 is 9.90 Å². The molecule has 0 saturated carbocycles. The lowest BCUT2D eigenvalue weighted by Crippen LogP contribution is -2.52. The van der Waals surface area contributed by atoms with Gasteiger partial charge in [0.15, 0.2) is 0 Å². The van der Waals surface area contributed by atoms with Crippen molar-refractivity contribution in [1.82, 2.24) is 15.1 Å². The molecular formula is C17H26N4O2. The highest BCUT2D eigenvalue weighted by atomic mass is 16.4. The first kappa shape index (κ1) is 16.1. The summed E-state index contributed by atoms with van der Waals surface area (Å²) in [7, 11) is 2.15. The van der Waals surface area contributed by atoms with E-state index in [0.717, 1.165) is 31.7 Å². The van der Waals surface area contributed by atoms with E-state index < -0.39 is 6.09 Å². The Morgan fingerprint density at radius 1 is 1.26 bits per heavy atom. The number of carboxylic acid groups (broad SMARTS) is 1. The first-order valence-corrected chi connectivity index (χ1v) is 8.31. The van der Waals surface area contributed by atoms with Crippen LogP contribution in [0.25, 0.3) is 0 Å². The second-order valence-electron chi connectivity index (χ2n) is 6.65. The van der Waals surface area contributed by atoms with Crippen LogP contribution >= 0.6 is 0 Å². The summed E-state index contributed by atoms with van der Waals surface area (Å²) in [5.41, 5.74) is 2.27. The first-order valence-electron chi connectivity index (χ1n) is 8.31. The fourth-order valence-corrected chi connectivity index (χ4v) is 3.41. The van der Waals surface area contributed by atoms with Crippen LogP contribution in [0.2, 0.25) is 0 Å². The van der Waals surface area contributed by atoms with E-state index >= 15 is 0 Å². The second kappa shape index (κ2) is 6.76. The standard InChI is InChI=1S/C17H26N4O2/c1-13-12-21(17(22)23)16(11-18-13)14-4-3-5-15(10-14)20-8-6-19(2)7-9-20/h3-5,10,13,16,18H,6-9,11-12H2,1-2H3,(H,22,23). The molecule has 1 amide bonds. The lowest BCUT2D eigenvalue weighted by Gasteiger charge is -2.38. The van der Waals surface area contributed by atoms with Crippen LogP contribution in [0.3, 0.4) is 0 Å². The molecule has 6 heteroatoms. The smallest absolute Gasteiger partial charge is 0.407 e. The van der Waals surface area contributed by atoms with Gasteiger partial charge in [0.1, 0.15) is 0 Å². The monoisotopic (exact) mass is 318 g/mol. The molecule has 2 unspecified atom stereocenters. The minimum Gasteiger partial charge on any atom is -0.465 e. The van der Waals surface area contributed by atoms with Gasteiger partial charge in [0.2, 0.25) is 0 Å². The number of carbonyl (C=O) groups is 1. The summed E-state index contributed by atoms with van der Waals surface area (Å²) >= 11 is 0. The number of piperazine rings is 2. The lowest BCUT2D eigenvalue weighted by molar-refractivity contribution is 0.101. The van der Waals surface area contributed by atoms with Crippen molar-refractivity contribution >= 4 is 11.8 Å².